The Bertz CT molecular complexity index is 849. The van der Waals surface area contributed by atoms with E-state index < -0.39 is 6.10 Å². The summed E-state index contributed by atoms with van der Waals surface area (Å²) in [6.07, 6.45) is -0.611. The molecular weight excluding hydrogens is 302 g/mol. The Hall–Kier alpha value is -2.53. The summed E-state index contributed by atoms with van der Waals surface area (Å²) in [6.45, 7) is 3.42. The highest BCUT2D eigenvalue weighted by molar-refractivity contribution is 6.07. The standard InChI is InChI=1S/C19H21N3O2/c1-13-10-21(19(24)20-13)11-14(23)12-22-17-8-4-2-6-15(17)16-7-3-5-9-18(16)22/h2-9,13-14,23H,10-12H2,1H3,(H,20,24)/t13-,14-/m0/s1. The molecule has 3 aromatic rings. The lowest BCUT2D eigenvalue weighted by Crippen LogP contribution is -2.36. The number of aliphatic hydroxyl groups is 1. The predicted molar refractivity (Wildman–Crippen MR) is 95.0 cm³/mol. The molecule has 24 heavy (non-hydrogen) atoms. The summed E-state index contributed by atoms with van der Waals surface area (Å²) in [5.74, 6) is 0. The zero-order valence-electron chi connectivity index (χ0n) is 13.6. The molecule has 2 heterocycles. The van der Waals surface area contributed by atoms with E-state index in [1.54, 1.807) is 4.90 Å². The molecule has 2 atom stereocenters. The maximum absolute atomic E-state index is 11.8. The number of carbonyl (C=O) groups excluding carboxylic acids is 1. The van der Waals surface area contributed by atoms with Crippen LogP contribution < -0.4 is 5.32 Å². The minimum atomic E-state index is -0.611. The van der Waals surface area contributed by atoms with Crippen LogP contribution in [0.5, 0.6) is 0 Å². The molecule has 1 aliphatic heterocycles. The van der Waals surface area contributed by atoms with Crippen molar-refractivity contribution in [2.24, 2.45) is 0 Å². The van der Waals surface area contributed by atoms with E-state index in [1.165, 1.54) is 10.8 Å². The average Bonchev–Trinajstić information content (AvgIpc) is 3.06. The molecule has 0 saturated carbocycles. The zero-order valence-corrected chi connectivity index (χ0v) is 13.6. The fraction of sp³-hybridized carbons (Fsp3) is 0.316. The fourth-order valence-corrected chi connectivity index (χ4v) is 3.64. The second-order valence-electron chi connectivity index (χ2n) is 6.55. The van der Waals surface area contributed by atoms with Crippen molar-refractivity contribution >= 4 is 27.8 Å². The molecule has 2 N–H and O–H groups in total. The first-order valence-electron chi connectivity index (χ1n) is 8.33. The minimum absolute atomic E-state index is 0.0937. The summed E-state index contributed by atoms with van der Waals surface area (Å²) in [5, 5.41) is 15.8. The third-order valence-corrected chi connectivity index (χ3v) is 4.66. The van der Waals surface area contributed by atoms with E-state index >= 15 is 0 Å². The van der Waals surface area contributed by atoms with Gasteiger partial charge in [0.05, 0.1) is 19.2 Å². The van der Waals surface area contributed by atoms with E-state index in [9.17, 15) is 9.90 Å². The van der Waals surface area contributed by atoms with Gasteiger partial charge in [-0.2, -0.15) is 0 Å². The fourth-order valence-electron chi connectivity index (χ4n) is 3.64. The summed E-state index contributed by atoms with van der Waals surface area (Å²) >= 11 is 0. The van der Waals surface area contributed by atoms with Gasteiger partial charge in [-0.05, 0) is 19.1 Å². The van der Waals surface area contributed by atoms with E-state index in [-0.39, 0.29) is 12.1 Å². The normalized spacial score (nSPS) is 19.2. The lowest BCUT2D eigenvalue weighted by molar-refractivity contribution is 0.117. The van der Waals surface area contributed by atoms with E-state index in [0.29, 0.717) is 19.6 Å². The SMILES string of the molecule is C[C@H]1CN(C[C@H](O)Cn2c3ccccc3c3ccccc32)C(=O)N1. The molecule has 5 nitrogen and oxygen atoms in total. The smallest absolute Gasteiger partial charge is 0.317 e. The molecule has 1 fully saturated rings. The van der Waals surface area contributed by atoms with Gasteiger partial charge in [0, 0.05) is 34.4 Å². The summed E-state index contributed by atoms with van der Waals surface area (Å²) in [5.41, 5.74) is 2.22. The average molecular weight is 323 g/mol. The Balaban J connectivity index is 1.65. The molecule has 4 rings (SSSR count). The molecule has 0 spiro atoms. The molecule has 0 radical (unpaired) electrons. The van der Waals surface area contributed by atoms with Crippen LogP contribution in [-0.4, -0.2) is 45.8 Å². The Labute approximate surface area is 140 Å². The number of aliphatic hydroxyl groups excluding tert-OH is 1. The molecule has 2 amide bonds. The van der Waals surface area contributed by atoms with Crippen LogP contribution in [0.15, 0.2) is 48.5 Å². The number of amides is 2. The van der Waals surface area contributed by atoms with Crippen LogP contribution in [0.1, 0.15) is 6.92 Å². The van der Waals surface area contributed by atoms with Gasteiger partial charge in [0.25, 0.3) is 0 Å². The summed E-state index contributed by atoms with van der Waals surface area (Å²) in [7, 11) is 0. The molecule has 1 aromatic heterocycles. The lowest BCUT2D eigenvalue weighted by atomic mass is 10.2. The van der Waals surface area contributed by atoms with Gasteiger partial charge in [-0.1, -0.05) is 36.4 Å². The molecule has 1 saturated heterocycles. The third-order valence-electron chi connectivity index (χ3n) is 4.66. The van der Waals surface area contributed by atoms with E-state index in [2.05, 4.69) is 34.1 Å². The number of hydrogen-bond acceptors (Lipinski definition) is 2. The van der Waals surface area contributed by atoms with Gasteiger partial charge in [-0.3, -0.25) is 0 Å². The molecule has 5 heteroatoms. The van der Waals surface area contributed by atoms with Gasteiger partial charge >= 0.3 is 6.03 Å². The molecular formula is C19H21N3O2. The molecule has 1 aliphatic rings. The first kappa shape index (κ1) is 15.0. The molecule has 0 bridgehead atoms. The highest BCUT2D eigenvalue weighted by atomic mass is 16.3. The number of β-amino-alcohol motifs (C(OH)–C–C–N with tert-alkyl or cyclic N) is 1. The van der Waals surface area contributed by atoms with E-state index in [4.69, 9.17) is 0 Å². The lowest BCUT2D eigenvalue weighted by Gasteiger charge is -2.20. The largest absolute Gasteiger partial charge is 0.389 e. The van der Waals surface area contributed by atoms with Crippen LogP contribution in [0.4, 0.5) is 4.79 Å². The van der Waals surface area contributed by atoms with Crippen molar-refractivity contribution in [3.63, 3.8) is 0 Å². The summed E-state index contributed by atoms with van der Waals surface area (Å²) < 4.78 is 2.15. The van der Waals surface area contributed by atoms with Gasteiger partial charge in [0.2, 0.25) is 0 Å². The molecule has 2 aromatic carbocycles. The van der Waals surface area contributed by atoms with Crippen LogP contribution in [-0.2, 0) is 6.54 Å². The quantitative estimate of drug-likeness (QED) is 0.775. The topological polar surface area (TPSA) is 57.5 Å². The maximum Gasteiger partial charge on any atom is 0.317 e. The number of nitrogens with zero attached hydrogens (tertiary/aromatic N) is 2. The number of fused-ring (bicyclic) bond motifs is 3. The maximum atomic E-state index is 11.8. The monoisotopic (exact) mass is 323 g/mol. The van der Waals surface area contributed by atoms with Crippen molar-refractivity contribution in [2.45, 2.75) is 25.6 Å². The van der Waals surface area contributed by atoms with E-state index in [1.807, 2.05) is 31.2 Å². The number of rotatable bonds is 4. The third kappa shape index (κ3) is 2.51. The number of hydrogen-bond donors (Lipinski definition) is 2. The van der Waals surface area contributed by atoms with Crippen molar-refractivity contribution in [1.82, 2.24) is 14.8 Å². The second kappa shape index (κ2) is 5.83. The van der Waals surface area contributed by atoms with E-state index in [0.717, 1.165) is 11.0 Å². The van der Waals surface area contributed by atoms with Crippen LogP contribution in [0.25, 0.3) is 21.8 Å². The number of para-hydroxylation sites is 2. The van der Waals surface area contributed by atoms with Gasteiger partial charge in [-0.15, -0.1) is 0 Å². The van der Waals surface area contributed by atoms with Gasteiger partial charge in [-0.25, -0.2) is 4.79 Å². The molecule has 0 aliphatic carbocycles. The zero-order chi connectivity index (χ0) is 16.7. The van der Waals surface area contributed by atoms with Crippen molar-refractivity contribution in [3.8, 4) is 0 Å². The summed E-state index contributed by atoms with van der Waals surface area (Å²) in [6, 6.07) is 16.5. The first-order valence-corrected chi connectivity index (χ1v) is 8.33. The number of aromatic nitrogens is 1. The minimum Gasteiger partial charge on any atom is -0.389 e. The predicted octanol–water partition coefficient (Wildman–Crippen LogP) is 2.57. The van der Waals surface area contributed by atoms with Gasteiger partial charge in [0.1, 0.15) is 0 Å². The van der Waals surface area contributed by atoms with Crippen LogP contribution in [0.3, 0.4) is 0 Å². The van der Waals surface area contributed by atoms with Gasteiger partial charge < -0.3 is 19.9 Å². The van der Waals surface area contributed by atoms with Gasteiger partial charge in [0.15, 0.2) is 0 Å². The van der Waals surface area contributed by atoms with Crippen molar-refractivity contribution in [3.05, 3.63) is 48.5 Å². The van der Waals surface area contributed by atoms with Crippen molar-refractivity contribution < 1.29 is 9.90 Å². The van der Waals surface area contributed by atoms with Crippen molar-refractivity contribution in [1.29, 1.82) is 0 Å². The highest BCUT2D eigenvalue weighted by Crippen LogP contribution is 2.28. The van der Waals surface area contributed by atoms with Crippen LogP contribution in [0, 0.1) is 0 Å². The van der Waals surface area contributed by atoms with Crippen LogP contribution >= 0.6 is 0 Å². The Kier molecular flexibility index (Phi) is 3.65. The summed E-state index contributed by atoms with van der Waals surface area (Å²) in [4.78, 5) is 13.5. The second-order valence-corrected chi connectivity index (χ2v) is 6.55. The first-order chi connectivity index (χ1) is 11.6. The highest BCUT2D eigenvalue weighted by Gasteiger charge is 2.27. The molecule has 124 valence electrons. The van der Waals surface area contributed by atoms with Crippen molar-refractivity contribution in [2.75, 3.05) is 13.1 Å². The van der Waals surface area contributed by atoms with Crippen LogP contribution in [0.2, 0.25) is 0 Å². The Morgan fingerprint density at radius 2 is 1.67 bits per heavy atom. The Morgan fingerprint density at radius 3 is 2.21 bits per heavy atom. The molecule has 0 unspecified atom stereocenters. The number of nitrogens with one attached hydrogen (secondary N) is 1. The number of urea groups is 1. The number of carbonyl (C=O) groups is 1. The number of benzene rings is 2. The Morgan fingerprint density at radius 1 is 1.08 bits per heavy atom.